The molecule has 20 heavy (non-hydrogen) atoms. The Hall–Kier alpha value is -2.17. The van der Waals surface area contributed by atoms with Gasteiger partial charge in [-0.05, 0) is 24.6 Å². The van der Waals surface area contributed by atoms with E-state index in [4.69, 9.17) is 0 Å². The number of aromatic nitrogens is 3. The molecule has 0 atom stereocenters. The highest BCUT2D eigenvalue weighted by Gasteiger charge is 2.21. The van der Waals surface area contributed by atoms with Gasteiger partial charge in [0.25, 0.3) is 5.91 Å². The number of amides is 1. The third kappa shape index (κ3) is 3.04. The lowest BCUT2D eigenvalue weighted by atomic mass is 9.92. The van der Waals surface area contributed by atoms with Crippen LogP contribution in [-0.2, 0) is 12.5 Å². The minimum Gasteiger partial charge on any atom is -0.305 e. The van der Waals surface area contributed by atoms with Crippen LogP contribution in [0.5, 0.6) is 0 Å². The Morgan fingerprint density at radius 1 is 1.30 bits per heavy atom. The van der Waals surface area contributed by atoms with Gasteiger partial charge in [0.15, 0.2) is 0 Å². The molecule has 0 unspecified atom stereocenters. The number of carbonyl (C=O) groups excluding carboxylic acids is 1. The number of rotatable bonds is 2. The maximum atomic E-state index is 12.2. The number of carbonyl (C=O) groups is 1. The Labute approximate surface area is 119 Å². The van der Waals surface area contributed by atoms with Crippen LogP contribution in [0.15, 0.2) is 24.4 Å². The van der Waals surface area contributed by atoms with Crippen molar-refractivity contribution in [2.75, 3.05) is 5.32 Å². The van der Waals surface area contributed by atoms with Crippen molar-refractivity contribution in [2.24, 2.45) is 7.05 Å². The average Bonchev–Trinajstić information content (AvgIpc) is 2.74. The van der Waals surface area contributed by atoms with Gasteiger partial charge in [-0.25, -0.2) is 4.98 Å². The SMILES string of the molecule is Cc1ccc(NC(=O)c2cc(C(C)(C)C)nn2C)nc1. The molecule has 0 aromatic carbocycles. The van der Waals surface area contributed by atoms with Crippen molar-refractivity contribution >= 4 is 11.7 Å². The van der Waals surface area contributed by atoms with E-state index in [-0.39, 0.29) is 11.3 Å². The largest absolute Gasteiger partial charge is 0.305 e. The minimum absolute atomic E-state index is 0.0849. The molecular weight excluding hydrogens is 252 g/mol. The highest BCUT2D eigenvalue weighted by atomic mass is 16.2. The lowest BCUT2D eigenvalue weighted by Crippen LogP contribution is -2.16. The first-order chi connectivity index (χ1) is 9.27. The highest BCUT2D eigenvalue weighted by molar-refractivity contribution is 6.02. The first-order valence-corrected chi connectivity index (χ1v) is 6.56. The van der Waals surface area contributed by atoms with E-state index in [1.54, 1.807) is 24.0 Å². The molecule has 2 rings (SSSR count). The molecule has 2 aromatic rings. The van der Waals surface area contributed by atoms with Gasteiger partial charge in [-0.2, -0.15) is 5.10 Å². The summed E-state index contributed by atoms with van der Waals surface area (Å²) in [7, 11) is 1.77. The van der Waals surface area contributed by atoms with Crippen LogP contribution in [0.4, 0.5) is 5.82 Å². The van der Waals surface area contributed by atoms with Gasteiger partial charge in [0, 0.05) is 18.7 Å². The Balaban J connectivity index is 2.21. The lowest BCUT2D eigenvalue weighted by molar-refractivity contribution is 0.101. The molecule has 0 aliphatic carbocycles. The Morgan fingerprint density at radius 2 is 2.00 bits per heavy atom. The zero-order chi connectivity index (χ0) is 14.9. The van der Waals surface area contributed by atoms with Gasteiger partial charge >= 0.3 is 0 Å². The van der Waals surface area contributed by atoms with Crippen LogP contribution in [0, 0.1) is 6.92 Å². The molecule has 0 bridgehead atoms. The van der Waals surface area contributed by atoms with Crippen LogP contribution in [0.1, 0.15) is 42.5 Å². The molecule has 1 amide bonds. The van der Waals surface area contributed by atoms with Gasteiger partial charge < -0.3 is 5.32 Å². The summed E-state index contributed by atoms with van der Waals surface area (Å²) >= 11 is 0. The van der Waals surface area contributed by atoms with E-state index in [2.05, 4.69) is 36.2 Å². The number of hydrogen-bond acceptors (Lipinski definition) is 3. The van der Waals surface area contributed by atoms with Crippen LogP contribution in [-0.4, -0.2) is 20.7 Å². The molecular formula is C15H20N4O. The fourth-order valence-electron chi connectivity index (χ4n) is 1.77. The summed E-state index contributed by atoms with van der Waals surface area (Å²) in [5.74, 6) is 0.339. The van der Waals surface area contributed by atoms with E-state index < -0.39 is 0 Å². The first-order valence-electron chi connectivity index (χ1n) is 6.56. The van der Waals surface area contributed by atoms with E-state index >= 15 is 0 Å². The van der Waals surface area contributed by atoms with Crippen molar-refractivity contribution < 1.29 is 4.79 Å². The number of anilines is 1. The summed E-state index contributed by atoms with van der Waals surface area (Å²) in [5, 5.41) is 7.17. The first kappa shape index (κ1) is 14.2. The molecule has 5 nitrogen and oxygen atoms in total. The standard InChI is InChI=1S/C15H20N4O/c1-10-6-7-13(16-9-10)17-14(20)11-8-12(15(2,3)4)18-19(11)5/h6-9H,1-5H3,(H,16,17,20). The van der Waals surface area contributed by atoms with E-state index in [9.17, 15) is 4.79 Å². The van der Waals surface area contributed by atoms with E-state index in [0.717, 1.165) is 11.3 Å². The van der Waals surface area contributed by atoms with E-state index in [1.807, 2.05) is 19.1 Å². The van der Waals surface area contributed by atoms with Gasteiger partial charge in [0.05, 0.1) is 5.69 Å². The van der Waals surface area contributed by atoms with Crippen molar-refractivity contribution in [3.8, 4) is 0 Å². The van der Waals surface area contributed by atoms with Gasteiger partial charge in [-0.15, -0.1) is 0 Å². The average molecular weight is 272 g/mol. The molecule has 5 heteroatoms. The van der Waals surface area contributed by atoms with Gasteiger partial charge in [-0.1, -0.05) is 26.8 Å². The van der Waals surface area contributed by atoms with Gasteiger partial charge in [0.2, 0.25) is 0 Å². The van der Waals surface area contributed by atoms with E-state index in [0.29, 0.717) is 11.5 Å². The summed E-state index contributed by atoms with van der Waals surface area (Å²) < 4.78 is 1.60. The maximum Gasteiger partial charge on any atom is 0.275 e. The van der Waals surface area contributed by atoms with Crippen molar-refractivity contribution in [2.45, 2.75) is 33.1 Å². The maximum absolute atomic E-state index is 12.2. The van der Waals surface area contributed by atoms with E-state index in [1.165, 1.54) is 0 Å². The summed E-state index contributed by atoms with van der Waals surface area (Å²) in [4.78, 5) is 16.4. The Morgan fingerprint density at radius 3 is 2.50 bits per heavy atom. The van der Waals surface area contributed by atoms with Crippen molar-refractivity contribution in [1.29, 1.82) is 0 Å². The summed E-state index contributed by atoms with van der Waals surface area (Å²) in [5.41, 5.74) is 2.39. The molecule has 0 aliphatic heterocycles. The number of nitrogens with one attached hydrogen (secondary N) is 1. The van der Waals surface area contributed by atoms with Gasteiger partial charge in [-0.3, -0.25) is 9.48 Å². The molecule has 0 saturated carbocycles. The third-order valence-corrected chi connectivity index (χ3v) is 3.03. The second kappa shape index (κ2) is 5.07. The van der Waals surface area contributed by atoms with Gasteiger partial charge in [0.1, 0.15) is 11.5 Å². The van der Waals surface area contributed by atoms with Crippen molar-refractivity contribution in [3.63, 3.8) is 0 Å². The normalized spacial score (nSPS) is 11.4. The predicted octanol–water partition coefficient (Wildman–Crippen LogP) is 2.67. The number of nitrogens with zero attached hydrogens (tertiary/aromatic N) is 3. The number of aryl methyl sites for hydroxylation is 2. The number of pyridine rings is 1. The minimum atomic E-state index is -0.202. The molecule has 1 N–H and O–H groups in total. The van der Waals surface area contributed by atoms with Crippen LogP contribution in [0.2, 0.25) is 0 Å². The lowest BCUT2D eigenvalue weighted by Gasteiger charge is -2.13. The fourth-order valence-corrected chi connectivity index (χ4v) is 1.77. The third-order valence-electron chi connectivity index (χ3n) is 3.03. The molecule has 2 heterocycles. The second-order valence-corrected chi connectivity index (χ2v) is 5.96. The molecule has 0 aliphatic rings. The molecule has 0 saturated heterocycles. The van der Waals surface area contributed by atoms with Crippen LogP contribution in [0.3, 0.4) is 0 Å². The quantitative estimate of drug-likeness (QED) is 0.914. The number of hydrogen-bond donors (Lipinski definition) is 1. The molecule has 0 radical (unpaired) electrons. The monoisotopic (exact) mass is 272 g/mol. The second-order valence-electron chi connectivity index (χ2n) is 5.96. The molecule has 2 aromatic heterocycles. The predicted molar refractivity (Wildman–Crippen MR) is 78.8 cm³/mol. The van der Waals surface area contributed by atoms with Crippen LogP contribution in [0.25, 0.3) is 0 Å². The summed E-state index contributed by atoms with van der Waals surface area (Å²) in [6.45, 7) is 8.16. The zero-order valence-corrected chi connectivity index (χ0v) is 12.6. The summed E-state index contributed by atoms with van der Waals surface area (Å²) in [6, 6.07) is 5.52. The molecule has 0 fully saturated rings. The zero-order valence-electron chi connectivity index (χ0n) is 12.6. The van der Waals surface area contributed by atoms with Crippen LogP contribution >= 0.6 is 0 Å². The Bertz CT molecular complexity index is 620. The van der Waals surface area contributed by atoms with Crippen molar-refractivity contribution in [1.82, 2.24) is 14.8 Å². The topological polar surface area (TPSA) is 59.8 Å². The molecule has 0 spiro atoms. The Kier molecular flexibility index (Phi) is 3.61. The molecule has 106 valence electrons. The highest BCUT2D eigenvalue weighted by Crippen LogP contribution is 2.21. The van der Waals surface area contributed by atoms with Crippen LogP contribution < -0.4 is 5.32 Å². The fraction of sp³-hybridized carbons (Fsp3) is 0.400. The van der Waals surface area contributed by atoms with Crippen molar-refractivity contribution in [3.05, 3.63) is 41.3 Å². The smallest absolute Gasteiger partial charge is 0.275 e. The summed E-state index contributed by atoms with van der Waals surface area (Å²) in [6.07, 6.45) is 1.72.